The number of nitrogens with zero attached hydrogens (tertiary/aromatic N) is 7. The number of fused-ring (bicyclic) bond motifs is 1. The third kappa shape index (κ3) is 4.21. The van der Waals surface area contributed by atoms with Gasteiger partial charge in [0.1, 0.15) is 18.4 Å². The molecule has 1 aliphatic heterocycles. The fourth-order valence-electron chi connectivity index (χ4n) is 3.66. The lowest BCUT2D eigenvalue weighted by Crippen LogP contribution is -2.46. The molecule has 0 atom stereocenters. The van der Waals surface area contributed by atoms with E-state index in [2.05, 4.69) is 30.3 Å². The van der Waals surface area contributed by atoms with Gasteiger partial charge in [-0.2, -0.15) is 14.6 Å². The molecule has 0 radical (unpaired) electrons. The molecule has 164 valence electrons. The van der Waals surface area contributed by atoms with Gasteiger partial charge in [-0.1, -0.05) is 6.92 Å². The molecule has 4 rings (SSSR count). The Bertz CT molecular complexity index is 1110. The molecule has 0 saturated carbocycles. The van der Waals surface area contributed by atoms with E-state index in [1.165, 1.54) is 12.6 Å². The summed E-state index contributed by atoms with van der Waals surface area (Å²) in [6, 6.07) is 0. The van der Waals surface area contributed by atoms with Gasteiger partial charge in [0.2, 0.25) is 5.91 Å². The summed E-state index contributed by atoms with van der Waals surface area (Å²) in [6.07, 6.45) is 3.70. The Balaban J connectivity index is 1.64. The third-order valence-electron chi connectivity index (χ3n) is 5.49. The fraction of sp³-hybridized carbons (Fsp3) is 0.500. The number of carbonyl (C=O) groups is 2. The number of oxazole rings is 1. The highest BCUT2D eigenvalue weighted by Crippen LogP contribution is 2.22. The topological polar surface area (TPSA) is 122 Å². The molecule has 2 amide bonds. The van der Waals surface area contributed by atoms with E-state index < -0.39 is 0 Å². The zero-order valence-electron chi connectivity index (χ0n) is 18.0. The van der Waals surface area contributed by atoms with E-state index >= 15 is 0 Å². The van der Waals surface area contributed by atoms with E-state index in [1.807, 2.05) is 20.8 Å². The molecule has 1 N–H and O–H groups in total. The molecule has 31 heavy (non-hydrogen) atoms. The smallest absolute Gasteiger partial charge is 0.275 e. The highest BCUT2D eigenvalue weighted by Gasteiger charge is 2.24. The minimum atomic E-state index is -0.245. The third-order valence-corrected chi connectivity index (χ3v) is 5.49. The first kappa shape index (κ1) is 20.8. The summed E-state index contributed by atoms with van der Waals surface area (Å²) in [7, 11) is 0. The van der Waals surface area contributed by atoms with Gasteiger partial charge in [-0.3, -0.25) is 9.59 Å². The van der Waals surface area contributed by atoms with E-state index in [0.29, 0.717) is 50.8 Å². The Morgan fingerprint density at radius 3 is 2.81 bits per heavy atom. The second-order valence-electron chi connectivity index (χ2n) is 7.48. The second kappa shape index (κ2) is 8.70. The fourth-order valence-corrected chi connectivity index (χ4v) is 3.66. The monoisotopic (exact) mass is 426 g/mol. The van der Waals surface area contributed by atoms with Gasteiger partial charge in [0.05, 0.1) is 0 Å². The molecule has 11 heteroatoms. The van der Waals surface area contributed by atoms with Gasteiger partial charge in [-0.05, 0) is 13.8 Å². The summed E-state index contributed by atoms with van der Waals surface area (Å²) in [5.41, 5.74) is 2.10. The lowest BCUT2D eigenvalue weighted by Gasteiger charge is -2.31. The lowest BCUT2D eigenvalue weighted by molar-refractivity contribution is -0.121. The predicted molar refractivity (Wildman–Crippen MR) is 112 cm³/mol. The number of nitrogens with one attached hydrogen (secondary N) is 1. The van der Waals surface area contributed by atoms with Crippen molar-refractivity contribution in [3.8, 4) is 0 Å². The number of amides is 2. The van der Waals surface area contributed by atoms with Gasteiger partial charge in [-0.15, -0.1) is 0 Å². The lowest BCUT2D eigenvalue weighted by atomic mass is 10.2. The Morgan fingerprint density at radius 2 is 2.03 bits per heavy atom. The van der Waals surface area contributed by atoms with Crippen molar-refractivity contribution in [1.29, 1.82) is 0 Å². The van der Waals surface area contributed by atoms with E-state index in [1.54, 1.807) is 9.42 Å². The Morgan fingerprint density at radius 1 is 1.19 bits per heavy atom. The van der Waals surface area contributed by atoms with E-state index in [-0.39, 0.29) is 23.9 Å². The first-order chi connectivity index (χ1) is 15.0. The van der Waals surface area contributed by atoms with Crippen molar-refractivity contribution in [2.24, 2.45) is 0 Å². The van der Waals surface area contributed by atoms with Crippen molar-refractivity contribution in [3.05, 3.63) is 35.4 Å². The van der Waals surface area contributed by atoms with Crippen LogP contribution in [-0.2, 0) is 11.2 Å². The standard InChI is InChI=1S/C20H26N8O3/c1-4-17-25-15(11-31-17)19(30)27-7-5-16(29)21-6-8-26(9-10-27)18-13(2)14(3)24-20-22-12-23-28(18)20/h11-12H,4-10H2,1-3H3,(H,21,29). The largest absolute Gasteiger partial charge is 0.448 e. The van der Waals surface area contributed by atoms with Gasteiger partial charge in [0, 0.05) is 56.8 Å². The van der Waals surface area contributed by atoms with E-state index in [0.717, 1.165) is 17.1 Å². The maximum Gasteiger partial charge on any atom is 0.275 e. The summed E-state index contributed by atoms with van der Waals surface area (Å²) >= 11 is 0. The molecule has 4 heterocycles. The van der Waals surface area contributed by atoms with Crippen molar-refractivity contribution in [1.82, 2.24) is 34.8 Å². The molecule has 1 saturated heterocycles. The van der Waals surface area contributed by atoms with Crippen molar-refractivity contribution < 1.29 is 14.0 Å². The van der Waals surface area contributed by atoms with Crippen LogP contribution in [0.5, 0.6) is 0 Å². The van der Waals surface area contributed by atoms with Crippen LogP contribution in [0.4, 0.5) is 5.82 Å². The molecule has 1 fully saturated rings. The Hall–Kier alpha value is -3.50. The van der Waals surface area contributed by atoms with Crippen molar-refractivity contribution >= 4 is 23.4 Å². The van der Waals surface area contributed by atoms with Crippen LogP contribution in [-0.4, -0.2) is 74.0 Å². The molecule has 11 nitrogen and oxygen atoms in total. The molecule has 3 aromatic rings. The molecule has 0 aromatic carbocycles. The average molecular weight is 426 g/mol. The zero-order valence-corrected chi connectivity index (χ0v) is 18.0. The quantitative estimate of drug-likeness (QED) is 0.651. The van der Waals surface area contributed by atoms with Gasteiger partial charge < -0.3 is 19.5 Å². The zero-order chi connectivity index (χ0) is 22.0. The molecule has 3 aromatic heterocycles. The van der Waals surface area contributed by atoms with Gasteiger partial charge >= 0.3 is 0 Å². The molecule has 1 aliphatic rings. The second-order valence-corrected chi connectivity index (χ2v) is 7.48. The Labute approximate surface area is 179 Å². The number of anilines is 1. The first-order valence-electron chi connectivity index (χ1n) is 10.4. The predicted octanol–water partition coefficient (Wildman–Crippen LogP) is 0.760. The molecular weight excluding hydrogens is 400 g/mol. The highest BCUT2D eigenvalue weighted by molar-refractivity contribution is 5.92. The SMILES string of the molecule is CCc1nc(C(=O)N2CCC(=O)NCCN(c3c(C)c(C)nc4ncnn34)CC2)co1. The summed E-state index contributed by atoms with van der Waals surface area (Å²) in [5.74, 6) is 1.55. The summed E-state index contributed by atoms with van der Waals surface area (Å²) in [4.78, 5) is 42.0. The van der Waals surface area contributed by atoms with Crippen molar-refractivity contribution in [2.45, 2.75) is 33.6 Å². The van der Waals surface area contributed by atoms with Gasteiger partial charge in [0.25, 0.3) is 11.7 Å². The molecular formula is C20H26N8O3. The van der Waals surface area contributed by atoms with Crippen LogP contribution in [0.15, 0.2) is 17.0 Å². The summed E-state index contributed by atoms with van der Waals surface area (Å²) in [5, 5.41) is 7.26. The van der Waals surface area contributed by atoms with Gasteiger partial charge in [0.15, 0.2) is 11.6 Å². The minimum absolute atomic E-state index is 0.0948. The summed E-state index contributed by atoms with van der Waals surface area (Å²) in [6.45, 7) is 8.18. The Kier molecular flexibility index (Phi) is 5.83. The first-order valence-corrected chi connectivity index (χ1v) is 10.4. The number of hydrogen-bond donors (Lipinski definition) is 1. The van der Waals surface area contributed by atoms with Gasteiger partial charge in [-0.25, -0.2) is 9.97 Å². The van der Waals surface area contributed by atoms with E-state index in [4.69, 9.17) is 4.42 Å². The van der Waals surface area contributed by atoms with Crippen LogP contribution in [0.2, 0.25) is 0 Å². The maximum atomic E-state index is 13.0. The average Bonchev–Trinajstić information content (AvgIpc) is 3.42. The number of carbonyl (C=O) groups excluding carboxylic acids is 2. The van der Waals surface area contributed by atoms with Crippen LogP contribution < -0.4 is 10.2 Å². The van der Waals surface area contributed by atoms with Crippen molar-refractivity contribution in [2.75, 3.05) is 37.6 Å². The minimum Gasteiger partial charge on any atom is -0.448 e. The number of hydrogen-bond acceptors (Lipinski definition) is 8. The van der Waals surface area contributed by atoms with Crippen LogP contribution in [0, 0.1) is 13.8 Å². The van der Waals surface area contributed by atoms with Crippen LogP contribution >= 0.6 is 0 Å². The number of rotatable bonds is 3. The highest BCUT2D eigenvalue weighted by atomic mass is 16.3. The summed E-state index contributed by atoms with van der Waals surface area (Å²) < 4.78 is 7.03. The van der Waals surface area contributed by atoms with Crippen molar-refractivity contribution in [3.63, 3.8) is 0 Å². The number of aromatic nitrogens is 5. The number of aryl methyl sites for hydroxylation is 2. The maximum absolute atomic E-state index is 13.0. The molecule has 0 aliphatic carbocycles. The normalized spacial score (nSPS) is 15.9. The van der Waals surface area contributed by atoms with Crippen LogP contribution in [0.3, 0.4) is 0 Å². The molecule has 0 bridgehead atoms. The molecule has 0 unspecified atom stereocenters. The van der Waals surface area contributed by atoms with Crippen LogP contribution in [0.1, 0.15) is 41.0 Å². The molecule has 0 spiro atoms. The van der Waals surface area contributed by atoms with E-state index in [9.17, 15) is 9.59 Å². The van der Waals surface area contributed by atoms with Crippen LogP contribution in [0.25, 0.3) is 5.78 Å².